The summed E-state index contributed by atoms with van der Waals surface area (Å²) < 4.78 is 19.2. The maximum absolute atomic E-state index is 13.7. The Morgan fingerprint density at radius 2 is 1.96 bits per heavy atom. The summed E-state index contributed by atoms with van der Waals surface area (Å²) in [5.41, 5.74) is 0.849. The van der Waals surface area contributed by atoms with Crippen LogP contribution in [0.1, 0.15) is 13.3 Å². The summed E-state index contributed by atoms with van der Waals surface area (Å²) in [5, 5.41) is 12.3. The summed E-state index contributed by atoms with van der Waals surface area (Å²) >= 11 is 7.10. The van der Waals surface area contributed by atoms with E-state index in [-0.39, 0.29) is 5.75 Å². The minimum absolute atomic E-state index is 0.0358. The highest BCUT2D eigenvalue weighted by Gasteiger charge is 2.21. The third kappa shape index (κ3) is 4.36. The molecule has 3 rings (SSSR count). The van der Waals surface area contributed by atoms with Gasteiger partial charge in [0.05, 0.1) is 0 Å². The van der Waals surface area contributed by atoms with E-state index < -0.39 is 17.8 Å². The van der Waals surface area contributed by atoms with Gasteiger partial charge in [-0.1, -0.05) is 54.1 Å². The second-order valence-electron chi connectivity index (χ2n) is 5.35. The first-order chi connectivity index (χ1) is 12.6. The van der Waals surface area contributed by atoms with E-state index >= 15 is 0 Å². The van der Waals surface area contributed by atoms with Crippen LogP contribution in [0.2, 0.25) is 5.02 Å². The van der Waals surface area contributed by atoms with Gasteiger partial charge in [0.1, 0.15) is 5.01 Å². The normalized spacial score (nSPS) is 11.8. The van der Waals surface area contributed by atoms with Crippen LogP contribution in [0.3, 0.4) is 0 Å². The number of amides is 1. The minimum atomic E-state index is -0.838. The van der Waals surface area contributed by atoms with Crippen LogP contribution >= 0.6 is 22.9 Å². The standard InChI is InChI=1S/C18H15ClFN3O2S/c1-2-14(25-15-6-4-3-5-13(15)20)16(24)21-18-23-22-17(26-18)11-7-9-12(19)10-8-11/h3-10,14H,2H2,1H3,(H,21,23,24)/t14-/m0/s1. The van der Waals surface area contributed by atoms with Gasteiger partial charge >= 0.3 is 0 Å². The van der Waals surface area contributed by atoms with Gasteiger partial charge in [-0.15, -0.1) is 10.2 Å². The van der Waals surface area contributed by atoms with Gasteiger partial charge < -0.3 is 4.74 Å². The van der Waals surface area contributed by atoms with Gasteiger partial charge in [0.15, 0.2) is 17.7 Å². The lowest BCUT2D eigenvalue weighted by Gasteiger charge is -2.16. The van der Waals surface area contributed by atoms with E-state index in [9.17, 15) is 9.18 Å². The molecule has 3 aromatic rings. The van der Waals surface area contributed by atoms with Crippen molar-refractivity contribution in [2.24, 2.45) is 0 Å². The van der Waals surface area contributed by atoms with E-state index in [0.29, 0.717) is 21.6 Å². The molecule has 0 radical (unpaired) electrons. The molecule has 0 saturated carbocycles. The average molecular weight is 392 g/mol. The lowest BCUT2D eigenvalue weighted by Crippen LogP contribution is -2.32. The summed E-state index contributed by atoms with van der Waals surface area (Å²) in [7, 11) is 0. The Bertz CT molecular complexity index is 901. The third-order valence-corrected chi connectivity index (χ3v) is 4.66. The number of nitrogens with zero attached hydrogens (tertiary/aromatic N) is 2. The molecule has 1 amide bonds. The molecule has 26 heavy (non-hydrogen) atoms. The van der Waals surface area contributed by atoms with Gasteiger partial charge in [-0.2, -0.15) is 0 Å². The summed E-state index contributed by atoms with van der Waals surface area (Å²) in [6.07, 6.45) is -0.460. The van der Waals surface area contributed by atoms with Crippen molar-refractivity contribution >= 4 is 34.0 Å². The van der Waals surface area contributed by atoms with Crippen LogP contribution < -0.4 is 10.1 Å². The average Bonchev–Trinajstić information content (AvgIpc) is 3.10. The number of hydrogen-bond donors (Lipinski definition) is 1. The molecule has 0 unspecified atom stereocenters. The fraction of sp³-hybridized carbons (Fsp3) is 0.167. The number of halogens is 2. The third-order valence-electron chi connectivity index (χ3n) is 3.52. The lowest BCUT2D eigenvalue weighted by molar-refractivity contribution is -0.122. The quantitative estimate of drug-likeness (QED) is 0.655. The van der Waals surface area contributed by atoms with Crippen LogP contribution in [0.15, 0.2) is 48.5 Å². The van der Waals surface area contributed by atoms with Crippen molar-refractivity contribution < 1.29 is 13.9 Å². The highest BCUT2D eigenvalue weighted by Crippen LogP contribution is 2.27. The lowest BCUT2D eigenvalue weighted by atomic mass is 10.2. The number of anilines is 1. The SMILES string of the molecule is CC[C@H](Oc1ccccc1F)C(=O)Nc1nnc(-c2ccc(Cl)cc2)s1. The van der Waals surface area contributed by atoms with Crippen molar-refractivity contribution in [3.8, 4) is 16.3 Å². The maximum atomic E-state index is 13.7. The zero-order valence-electron chi connectivity index (χ0n) is 13.8. The monoisotopic (exact) mass is 391 g/mol. The molecular formula is C18H15ClFN3O2S. The number of rotatable bonds is 6. The van der Waals surface area contributed by atoms with Crippen LogP contribution in [-0.4, -0.2) is 22.2 Å². The maximum Gasteiger partial charge on any atom is 0.267 e. The highest BCUT2D eigenvalue weighted by molar-refractivity contribution is 7.18. The number of hydrogen-bond acceptors (Lipinski definition) is 5. The molecule has 0 fully saturated rings. The number of para-hydroxylation sites is 1. The van der Waals surface area contributed by atoms with Crippen molar-refractivity contribution in [2.45, 2.75) is 19.4 Å². The molecule has 1 atom stereocenters. The molecule has 8 heteroatoms. The number of nitrogens with one attached hydrogen (secondary N) is 1. The Labute approximate surface area is 158 Å². The first-order valence-electron chi connectivity index (χ1n) is 7.88. The van der Waals surface area contributed by atoms with Crippen LogP contribution in [0.25, 0.3) is 10.6 Å². The van der Waals surface area contributed by atoms with E-state index in [1.165, 1.54) is 23.5 Å². The fourth-order valence-electron chi connectivity index (χ4n) is 2.18. The van der Waals surface area contributed by atoms with Crippen LogP contribution in [-0.2, 0) is 4.79 Å². The summed E-state index contributed by atoms with van der Waals surface area (Å²) in [5.74, 6) is -0.886. The number of carbonyl (C=O) groups excluding carboxylic acids is 1. The van der Waals surface area contributed by atoms with E-state index in [4.69, 9.17) is 16.3 Å². The zero-order chi connectivity index (χ0) is 18.5. The largest absolute Gasteiger partial charge is 0.478 e. The molecule has 0 aliphatic rings. The van der Waals surface area contributed by atoms with Crippen molar-refractivity contribution in [3.05, 3.63) is 59.4 Å². The predicted octanol–water partition coefficient (Wildman–Crippen LogP) is 4.79. The Balaban J connectivity index is 1.68. The molecule has 134 valence electrons. The summed E-state index contributed by atoms with van der Waals surface area (Å²) in [6.45, 7) is 1.78. The van der Waals surface area contributed by atoms with Crippen molar-refractivity contribution in [2.75, 3.05) is 5.32 Å². The van der Waals surface area contributed by atoms with Crippen LogP contribution in [0.4, 0.5) is 9.52 Å². The molecule has 0 aliphatic heterocycles. The molecule has 0 saturated heterocycles. The van der Waals surface area contributed by atoms with Crippen molar-refractivity contribution in [3.63, 3.8) is 0 Å². The number of carbonyl (C=O) groups is 1. The van der Waals surface area contributed by atoms with Gasteiger partial charge in [0, 0.05) is 10.6 Å². The first kappa shape index (κ1) is 18.3. The predicted molar refractivity (Wildman–Crippen MR) is 100 cm³/mol. The molecule has 1 N–H and O–H groups in total. The summed E-state index contributed by atoms with van der Waals surface area (Å²) in [6, 6.07) is 13.1. The highest BCUT2D eigenvalue weighted by atomic mass is 35.5. The van der Waals surface area contributed by atoms with Gasteiger partial charge in [-0.05, 0) is 30.7 Å². The van der Waals surface area contributed by atoms with Crippen LogP contribution in [0.5, 0.6) is 5.75 Å². The van der Waals surface area contributed by atoms with Crippen molar-refractivity contribution in [1.29, 1.82) is 0 Å². The summed E-state index contributed by atoms with van der Waals surface area (Å²) in [4.78, 5) is 12.4. The molecule has 1 heterocycles. The molecule has 2 aromatic carbocycles. The van der Waals surface area contributed by atoms with Gasteiger partial charge in [-0.3, -0.25) is 10.1 Å². The second kappa shape index (κ2) is 8.25. The Morgan fingerprint density at radius 3 is 2.65 bits per heavy atom. The number of ether oxygens (including phenoxy) is 1. The van der Waals surface area contributed by atoms with Crippen LogP contribution in [0, 0.1) is 5.82 Å². The molecule has 5 nitrogen and oxygen atoms in total. The van der Waals surface area contributed by atoms with Gasteiger partial charge in [-0.25, -0.2) is 4.39 Å². The smallest absolute Gasteiger partial charge is 0.267 e. The van der Waals surface area contributed by atoms with E-state index in [1.54, 1.807) is 31.2 Å². The fourth-order valence-corrected chi connectivity index (χ4v) is 3.06. The zero-order valence-corrected chi connectivity index (χ0v) is 15.4. The second-order valence-corrected chi connectivity index (χ2v) is 6.77. The minimum Gasteiger partial charge on any atom is -0.478 e. The van der Waals surface area contributed by atoms with Gasteiger partial charge in [0.25, 0.3) is 5.91 Å². The topological polar surface area (TPSA) is 64.1 Å². The molecule has 1 aromatic heterocycles. The number of aromatic nitrogens is 2. The molecule has 0 aliphatic carbocycles. The number of benzene rings is 2. The van der Waals surface area contributed by atoms with E-state index in [0.717, 1.165) is 5.56 Å². The van der Waals surface area contributed by atoms with E-state index in [2.05, 4.69) is 15.5 Å². The molecular weight excluding hydrogens is 377 g/mol. The van der Waals surface area contributed by atoms with E-state index in [1.807, 2.05) is 12.1 Å². The Hall–Kier alpha value is -2.51. The Kier molecular flexibility index (Phi) is 5.80. The first-order valence-corrected chi connectivity index (χ1v) is 9.07. The van der Waals surface area contributed by atoms with Gasteiger partial charge in [0.2, 0.25) is 5.13 Å². The van der Waals surface area contributed by atoms with Crippen molar-refractivity contribution in [1.82, 2.24) is 10.2 Å². The molecule has 0 bridgehead atoms. The molecule has 0 spiro atoms. The Morgan fingerprint density at radius 1 is 1.23 bits per heavy atom.